The predicted molar refractivity (Wildman–Crippen MR) is 85.3 cm³/mol. The summed E-state index contributed by atoms with van der Waals surface area (Å²) >= 11 is 0. The van der Waals surface area contributed by atoms with E-state index >= 15 is 0 Å². The lowest BCUT2D eigenvalue weighted by Gasteiger charge is -2.25. The summed E-state index contributed by atoms with van der Waals surface area (Å²) in [6, 6.07) is 5.24. The van der Waals surface area contributed by atoms with Gasteiger partial charge in [0.15, 0.2) is 0 Å². The van der Waals surface area contributed by atoms with Crippen molar-refractivity contribution < 1.29 is 19.1 Å². The Bertz CT molecular complexity index is 529. The first-order chi connectivity index (χ1) is 10.4. The third-order valence-electron chi connectivity index (χ3n) is 3.29. The molecule has 0 atom stereocenters. The van der Waals surface area contributed by atoms with Crippen molar-refractivity contribution in [3.8, 4) is 11.5 Å². The SMILES string of the molecule is COc1ccc(OC)c(NC(=O)CCN(C(C)=O)C(C)C)c1. The van der Waals surface area contributed by atoms with Gasteiger partial charge >= 0.3 is 0 Å². The molecule has 0 heterocycles. The van der Waals surface area contributed by atoms with Crippen molar-refractivity contribution in [2.45, 2.75) is 33.2 Å². The van der Waals surface area contributed by atoms with E-state index in [1.807, 2.05) is 13.8 Å². The van der Waals surface area contributed by atoms with E-state index in [4.69, 9.17) is 9.47 Å². The number of rotatable bonds is 7. The zero-order chi connectivity index (χ0) is 16.7. The lowest BCUT2D eigenvalue weighted by Crippen LogP contribution is -2.37. The molecule has 6 nitrogen and oxygen atoms in total. The van der Waals surface area contributed by atoms with E-state index in [9.17, 15) is 9.59 Å². The Hall–Kier alpha value is -2.24. The maximum Gasteiger partial charge on any atom is 0.226 e. The Balaban J connectivity index is 2.70. The summed E-state index contributed by atoms with van der Waals surface area (Å²) in [7, 11) is 3.09. The normalized spacial score (nSPS) is 10.3. The molecule has 0 saturated carbocycles. The topological polar surface area (TPSA) is 67.9 Å². The van der Waals surface area contributed by atoms with Crippen LogP contribution in [0.1, 0.15) is 27.2 Å². The Morgan fingerprint density at radius 1 is 1.23 bits per heavy atom. The number of methoxy groups -OCH3 is 2. The lowest BCUT2D eigenvalue weighted by atomic mass is 10.2. The number of amides is 2. The maximum atomic E-state index is 12.1. The van der Waals surface area contributed by atoms with Crippen LogP contribution >= 0.6 is 0 Å². The van der Waals surface area contributed by atoms with Crippen LogP contribution in [-0.2, 0) is 9.59 Å². The highest BCUT2D eigenvalue weighted by Gasteiger charge is 2.15. The highest BCUT2D eigenvalue weighted by molar-refractivity contribution is 5.93. The third kappa shape index (κ3) is 4.95. The van der Waals surface area contributed by atoms with Crippen molar-refractivity contribution >= 4 is 17.5 Å². The maximum absolute atomic E-state index is 12.1. The van der Waals surface area contributed by atoms with E-state index in [0.717, 1.165) is 0 Å². The van der Waals surface area contributed by atoms with E-state index in [0.29, 0.717) is 23.7 Å². The Labute approximate surface area is 131 Å². The number of nitrogens with one attached hydrogen (secondary N) is 1. The van der Waals surface area contributed by atoms with Crippen LogP contribution in [0.3, 0.4) is 0 Å². The first-order valence-electron chi connectivity index (χ1n) is 7.18. The van der Waals surface area contributed by atoms with Crippen LogP contribution in [0.15, 0.2) is 18.2 Å². The van der Waals surface area contributed by atoms with E-state index in [-0.39, 0.29) is 24.3 Å². The van der Waals surface area contributed by atoms with Crippen molar-refractivity contribution in [3.05, 3.63) is 18.2 Å². The van der Waals surface area contributed by atoms with Gasteiger partial charge in [0.05, 0.1) is 19.9 Å². The van der Waals surface area contributed by atoms with E-state index in [1.54, 1.807) is 30.2 Å². The summed E-state index contributed by atoms with van der Waals surface area (Å²) < 4.78 is 10.4. The molecule has 2 amide bonds. The average Bonchev–Trinajstić information content (AvgIpc) is 2.46. The Morgan fingerprint density at radius 2 is 1.91 bits per heavy atom. The van der Waals surface area contributed by atoms with E-state index < -0.39 is 0 Å². The van der Waals surface area contributed by atoms with Gasteiger partial charge < -0.3 is 19.7 Å². The first-order valence-corrected chi connectivity index (χ1v) is 7.18. The second-order valence-electron chi connectivity index (χ2n) is 5.17. The molecule has 22 heavy (non-hydrogen) atoms. The van der Waals surface area contributed by atoms with Gasteiger partial charge in [-0.15, -0.1) is 0 Å². The van der Waals surface area contributed by atoms with Gasteiger partial charge in [-0.25, -0.2) is 0 Å². The minimum absolute atomic E-state index is 0.0400. The molecule has 0 radical (unpaired) electrons. The van der Waals surface area contributed by atoms with Gasteiger partial charge in [-0.2, -0.15) is 0 Å². The number of anilines is 1. The van der Waals surface area contributed by atoms with Crippen LogP contribution < -0.4 is 14.8 Å². The third-order valence-corrected chi connectivity index (χ3v) is 3.29. The van der Waals surface area contributed by atoms with Crippen molar-refractivity contribution in [2.75, 3.05) is 26.1 Å². The zero-order valence-electron chi connectivity index (χ0n) is 13.8. The monoisotopic (exact) mass is 308 g/mol. The number of benzene rings is 1. The predicted octanol–water partition coefficient (Wildman–Crippen LogP) is 2.29. The van der Waals surface area contributed by atoms with Crippen LogP contribution in [0.25, 0.3) is 0 Å². The number of ether oxygens (including phenoxy) is 2. The van der Waals surface area contributed by atoms with E-state index in [2.05, 4.69) is 5.32 Å². The second kappa shape index (κ2) is 8.26. The number of carbonyl (C=O) groups excluding carboxylic acids is 2. The molecule has 1 rings (SSSR count). The molecule has 0 aromatic heterocycles. The Kier molecular flexibility index (Phi) is 6.69. The average molecular weight is 308 g/mol. The molecule has 1 N–H and O–H groups in total. The summed E-state index contributed by atoms with van der Waals surface area (Å²) in [6.07, 6.45) is 0.220. The van der Waals surface area contributed by atoms with Gasteiger partial charge in [-0.05, 0) is 26.0 Å². The molecular formula is C16H24N2O4. The first kappa shape index (κ1) is 17.8. The minimum Gasteiger partial charge on any atom is -0.497 e. The quantitative estimate of drug-likeness (QED) is 0.839. The molecule has 1 aromatic rings. The molecule has 0 fully saturated rings. The lowest BCUT2D eigenvalue weighted by molar-refractivity contribution is -0.130. The van der Waals surface area contributed by atoms with Gasteiger partial charge in [-0.3, -0.25) is 9.59 Å². The molecule has 1 aromatic carbocycles. The van der Waals surface area contributed by atoms with Crippen molar-refractivity contribution in [2.24, 2.45) is 0 Å². The summed E-state index contributed by atoms with van der Waals surface area (Å²) in [5.74, 6) is 0.963. The Morgan fingerprint density at radius 3 is 2.41 bits per heavy atom. The van der Waals surface area contributed by atoms with Crippen molar-refractivity contribution in [1.82, 2.24) is 4.90 Å². The number of nitrogens with zero attached hydrogens (tertiary/aromatic N) is 1. The van der Waals surface area contributed by atoms with Gasteiger partial charge in [0.2, 0.25) is 11.8 Å². The molecule has 0 saturated heterocycles. The summed E-state index contributed by atoms with van der Waals surface area (Å²) in [5, 5.41) is 2.79. The van der Waals surface area contributed by atoms with Crippen LogP contribution in [-0.4, -0.2) is 43.5 Å². The molecular weight excluding hydrogens is 284 g/mol. The molecule has 0 unspecified atom stereocenters. The van der Waals surface area contributed by atoms with Crippen LogP contribution in [0.4, 0.5) is 5.69 Å². The van der Waals surface area contributed by atoms with Crippen LogP contribution in [0, 0.1) is 0 Å². The van der Waals surface area contributed by atoms with Crippen LogP contribution in [0.2, 0.25) is 0 Å². The molecule has 122 valence electrons. The zero-order valence-corrected chi connectivity index (χ0v) is 13.8. The number of carbonyl (C=O) groups is 2. The number of hydrogen-bond acceptors (Lipinski definition) is 4. The summed E-state index contributed by atoms with van der Waals surface area (Å²) in [5.41, 5.74) is 0.547. The van der Waals surface area contributed by atoms with Crippen molar-refractivity contribution in [1.29, 1.82) is 0 Å². The van der Waals surface area contributed by atoms with Gasteiger partial charge in [0.25, 0.3) is 0 Å². The molecule has 0 bridgehead atoms. The van der Waals surface area contributed by atoms with Crippen LogP contribution in [0.5, 0.6) is 11.5 Å². The van der Waals surface area contributed by atoms with Gasteiger partial charge in [-0.1, -0.05) is 0 Å². The fourth-order valence-corrected chi connectivity index (χ4v) is 2.13. The molecule has 0 spiro atoms. The molecule has 0 aliphatic rings. The summed E-state index contributed by atoms with van der Waals surface area (Å²) in [4.78, 5) is 25.2. The fourth-order valence-electron chi connectivity index (χ4n) is 2.13. The van der Waals surface area contributed by atoms with Crippen molar-refractivity contribution in [3.63, 3.8) is 0 Å². The van der Waals surface area contributed by atoms with Gasteiger partial charge in [0, 0.05) is 32.0 Å². The van der Waals surface area contributed by atoms with Gasteiger partial charge in [0.1, 0.15) is 11.5 Å². The standard InChI is InChI=1S/C16H24N2O4/c1-11(2)18(12(3)19)9-8-16(20)17-14-10-13(21-4)6-7-15(14)22-5/h6-7,10-11H,8-9H2,1-5H3,(H,17,20). The van der Waals surface area contributed by atoms with E-state index in [1.165, 1.54) is 14.0 Å². The second-order valence-corrected chi connectivity index (χ2v) is 5.17. The molecule has 0 aliphatic carbocycles. The fraction of sp³-hybridized carbons (Fsp3) is 0.500. The molecule has 0 aliphatic heterocycles. The highest BCUT2D eigenvalue weighted by Crippen LogP contribution is 2.28. The minimum atomic E-state index is -0.182. The summed E-state index contributed by atoms with van der Waals surface area (Å²) in [6.45, 7) is 5.73. The smallest absolute Gasteiger partial charge is 0.226 e. The molecule has 6 heteroatoms. The largest absolute Gasteiger partial charge is 0.497 e. The number of hydrogen-bond donors (Lipinski definition) is 1. The highest BCUT2D eigenvalue weighted by atomic mass is 16.5.